The maximum atomic E-state index is 6.43. The lowest BCUT2D eigenvalue weighted by Crippen LogP contribution is -1.84. The molecule has 172 valence electrons. The van der Waals surface area contributed by atoms with Gasteiger partial charge < -0.3 is 4.42 Å². The highest BCUT2D eigenvalue weighted by atomic mass is 16.3. The Kier molecular flexibility index (Phi) is 5.39. The summed E-state index contributed by atoms with van der Waals surface area (Å²) < 4.78 is 6.43. The fourth-order valence-electron chi connectivity index (χ4n) is 5.03. The van der Waals surface area contributed by atoms with Crippen molar-refractivity contribution in [2.75, 3.05) is 0 Å². The molecule has 5 aromatic carbocycles. The summed E-state index contributed by atoms with van der Waals surface area (Å²) in [5, 5.41) is 2.20. The maximum absolute atomic E-state index is 6.43. The third-order valence-electron chi connectivity index (χ3n) is 6.86. The van der Waals surface area contributed by atoms with Gasteiger partial charge in [0, 0.05) is 16.3 Å². The molecule has 0 atom stereocenters. The quantitative estimate of drug-likeness (QED) is 0.248. The third kappa shape index (κ3) is 3.76. The van der Waals surface area contributed by atoms with Crippen LogP contribution in [0.1, 0.15) is 16.7 Å². The van der Waals surface area contributed by atoms with Gasteiger partial charge in [-0.05, 0) is 70.1 Å². The van der Waals surface area contributed by atoms with Crippen LogP contribution in [0.15, 0.2) is 121 Å². The molecule has 0 unspecified atom stereocenters. The average molecular weight is 463 g/mol. The largest absolute Gasteiger partial charge is 0.455 e. The van der Waals surface area contributed by atoms with Gasteiger partial charge in [-0.2, -0.15) is 0 Å². The molecule has 6 rings (SSSR count). The van der Waals surface area contributed by atoms with E-state index in [-0.39, 0.29) is 0 Å². The summed E-state index contributed by atoms with van der Waals surface area (Å²) >= 11 is 0. The first-order chi connectivity index (χ1) is 17.6. The van der Waals surface area contributed by atoms with Gasteiger partial charge in [0.2, 0.25) is 0 Å². The minimum atomic E-state index is 0.861. The second-order valence-corrected chi connectivity index (χ2v) is 9.20. The predicted octanol–water partition coefficient (Wildman–Crippen LogP) is 10.2. The zero-order valence-corrected chi connectivity index (χ0v) is 20.3. The molecule has 1 heterocycles. The molecular formula is C35H26O. The SMILES string of the molecule is C=Cc1cc2oc3c(-c4cccc(-c5cccc(-c6cccc(C)c6)c5)c4)cccc3c2cc1C=C. The van der Waals surface area contributed by atoms with Crippen molar-refractivity contribution in [3.05, 3.63) is 133 Å². The molecule has 1 heteroatoms. The molecule has 0 aliphatic carbocycles. The van der Waals surface area contributed by atoms with Crippen molar-refractivity contribution >= 4 is 34.1 Å². The summed E-state index contributed by atoms with van der Waals surface area (Å²) in [5.41, 5.74) is 12.1. The highest BCUT2D eigenvalue weighted by Crippen LogP contribution is 2.38. The predicted molar refractivity (Wildman–Crippen MR) is 155 cm³/mol. The summed E-state index contributed by atoms with van der Waals surface area (Å²) in [7, 11) is 0. The van der Waals surface area contributed by atoms with Crippen LogP contribution < -0.4 is 0 Å². The Labute approximate surface area is 211 Å². The molecule has 36 heavy (non-hydrogen) atoms. The Morgan fingerprint density at radius 3 is 1.78 bits per heavy atom. The molecule has 0 saturated heterocycles. The van der Waals surface area contributed by atoms with Crippen molar-refractivity contribution in [3.8, 4) is 33.4 Å². The molecule has 1 aromatic heterocycles. The molecule has 0 fully saturated rings. The molecule has 6 aromatic rings. The van der Waals surface area contributed by atoms with Crippen LogP contribution in [0, 0.1) is 6.92 Å². The molecule has 1 nitrogen and oxygen atoms in total. The molecule has 0 aliphatic heterocycles. The summed E-state index contributed by atoms with van der Waals surface area (Å²) in [6, 6.07) is 36.6. The van der Waals surface area contributed by atoms with E-state index < -0.39 is 0 Å². The van der Waals surface area contributed by atoms with Gasteiger partial charge in [-0.15, -0.1) is 0 Å². The Morgan fingerprint density at radius 2 is 1.11 bits per heavy atom. The number of aryl methyl sites for hydroxylation is 1. The van der Waals surface area contributed by atoms with Gasteiger partial charge in [0.25, 0.3) is 0 Å². The van der Waals surface area contributed by atoms with E-state index in [9.17, 15) is 0 Å². The van der Waals surface area contributed by atoms with Gasteiger partial charge in [-0.1, -0.05) is 110 Å². The number of hydrogen-bond acceptors (Lipinski definition) is 1. The van der Waals surface area contributed by atoms with Crippen LogP contribution in [0.3, 0.4) is 0 Å². The number of furan rings is 1. The molecular weight excluding hydrogens is 436 g/mol. The van der Waals surface area contributed by atoms with E-state index in [2.05, 4.69) is 123 Å². The van der Waals surface area contributed by atoms with Gasteiger partial charge in [-0.25, -0.2) is 0 Å². The van der Waals surface area contributed by atoms with Crippen molar-refractivity contribution in [3.63, 3.8) is 0 Å². The van der Waals surface area contributed by atoms with Gasteiger partial charge in [0.1, 0.15) is 11.2 Å². The zero-order chi connectivity index (χ0) is 24.6. The standard InChI is InChI=1S/C35H26O/c1-4-24-21-33-32-17-9-16-31(35(32)36-34(33)22-25(24)5-2)30-15-8-14-29(20-30)28-13-7-12-27(19-28)26-11-6-10-23(3)18-26/h4-22H,1-2H2,3H3. The van der Waals surface area contributed by atoms with E-state index in [1.165, 1.54) is 27.8 Å². The second-order valence-electron chi connectivity index (χ2n) is 9.20. The van der Waals surface area contributed by atoms with Gasteiger partial charge >= 0.3 is 0 Å². The van der Waals surface area contributed by atoms with Gasteiger partial charge in [0.05, 0.1) is 0 Å². The van der Waals surface area contributed by atoms with Crippen molar-refractivity contribution in [2.24, 2.45) is 0 Å². The van der Waals surface area contributed by atoms with Crippen molar-refractivity contribution in [1.82, 2.24) is 0 Å². The summed E-state index contributed by atoms with van der Waals surface area (Å²) in [6.45, 7) is 10.0. The lowest BCUT2D eigenvalue weighted by atomic mass is 9.95. The maximum Gasteiger partial charge on any atom is 0.143 e. The van der Waals surface area contributed by atoms with Crippen LogP contribution in [0.25, 0.3) is 67.5 Å². The van der Waals surface area contributed by atoms with E-state index in [0.717, 1.165) is 44.2 Å². The Balaban J connectivity index is 1.47. The van der Waals surface area contributed by atoms with E-state index in [1.54, 1.807) is 0 Å². The normalized spacial score (nSPS) is 11.1. The lowest BCUT2D eigenvalue weighted by Gasteiger charge is -2.09. The van der Waals surface area contributed by atoms with Crippen LogP contribution >= 0.6 is 0 Å². The Hall–Kier alpha value is -4.62. The van der Waals surface area contributed by atoms with Crippen LogP contribution in [0.5, 0.6) is 0 Å². The second kappa shape index (κ2) is 8.87. The minimum Gasteiger partial charge on any atom is -0.455 e. The molecule has 0 radical (unpaired) electrons. The highest BCUT2D eigenvalue weighted by Gasteiger charge is 2.14. The van der Waals surface area contributed by atoms with Crippen LogP contribution in [-0.4, -0.2) is 0 Å². The first-order valence-electron chi connectivity index (χ1n) is 12.2. The van der Waals surface area contributed by atoms with Crippen LogP contribution in [0.2, 0.25) is 0 Å². The third-order valence-corrected chi connectivity index (χ3v) is 6.86. The summed E-state index contributed by atoms with van der Waals surface area (Å²) in [5.74, 6) is 0. The summed E-state index contributed by atoms with van der Waals surface area (Å²) in [6.07, 6.45) is 3.71. The molecule has 0 bridgehead atoms. The number of rotatable bonds is 5. The average Bonchev–Trinajstić information content (AvgIpc) is 3.30. The molecule has 0 spiro atoms. The van der Waals surface area contributed by atoms with Crippen molar-refractivity contribution < 1.29 is 4.42 Å². The smallest absolute Gasteiger partial charge is 0.143 e. The molecule has 0 N–H and O–H groups in total. The Bertz CT molecular complexity index is 1780. The summed E-state index contributed by atoms with van der Waals surface area (Å²) in [4.78, 5) is 0. The fraction of sp³-hybridized carbons (Fsp3) is 0.0286. The van der Waals surface area contributed by atoms with Crippen molar-refractivity contribution in [1.29, 1.82) is 0 Å². The number of fused-ring (bicyclic) bond motifs is 3. The lowest BCUT2D eigenvalue weighted by molar-refractivity contribution is 0.670. The first-order valence-corrected chi connectivity index (χ1v) is 12.2. The molecule has 0 aliphatic rings. The number of benzene rings is 5. The fourth-order valence-corrected chi connectivity index (χ4v) is 5.03. The van der Waals surface area contributed by atoms with Gasteiger partial charge in [-0.3, -0.25) is 0 Å². The van der Waals surface area contributed by atoms with E-state index >= 15 is 0 Å². The highest BCUT2D eigenvalue weighted by molar-refractivity contribution is 6.10. The van der Waals surface area contributed by atoms with Crippen molar-refractivity contribution in [2.45, 2.75) is 6.92 Å². The number of para-hydroxylation sites is 1. The topological polar surface area (TPSA) is 13.1 Å². The molecule has 0 saturated carbocycles. The van der Waals surface area contributed by atoms with Gasteiger partial charge in [0.15, 0.2) is 0 Å². The van der Waals surface area contributed by atoms with E-state index in [4.69, 9.17) is 4.42 Å². The van der Waals surface area contributed by atoms with Crippen LogP contribution in [0.4, 0.5) is 0 Å². The first kappa shape index (κ1) is 21.9. The monoisotopic (exact) mass is 462 g/mol. The molecule has 0 amide bonds. The zero-order valence-electron chi connectivity index (χ0n) is 20.3. The van der Waals surface area contributed by atoms with Crippen LogP contribution in [-0.2, 0) is 0 Å². The Morgan fingerprint density at radius 1 is 0.556 bits per heavy atom. The minimum absolute atomic E-state index is 0.861. The number of hydrogen-bond donors (Lipinski definition) is 0. The van der Waals surface area contributed by atoms with E-state index in [1.807, 2.05) is 12.2 Å². The van der Waals surface area contributed by atoms with E-state index in [0.29, 0.717) is 0 Å².